The van der Waals surface area contributed by atoms with Gasteiger partial charge >= 0.3 is 0 Å². The van der Waals surface area contributed by atoms with Crippen LogP contribution in [0.5, 0.6) is 0 Å². The molecule has 0 aliphatic heterocycles. The van der Waals surface area contributed by atoms with Gasteiger partial charge in [-0.05, 0) is 12.1 Å². The van der Waals surface area contributed by atoms with Crippen molar-refractivity contribution in [2.45, 2.75) is 0 Å². The van der Waals surface area contributed by atoms with Crippen LogP contribution < -0.4 is 5.43 Å². The van der Waals surface area contributed by atoms with Crippen molar-refractivity contribution < 1.29 is 8.78 Å². The predicted molar refractivity (Wildman–Crippen MR) is 43.0 cm³/mol. The van der Waals surface area contributed by atoms with Crippen LogP contribution in [-0.2, 0) is 0 Å². The van der Waals surface area contributed by atoms with Crippen molar-refractivity contribution in [3.63, 3.8) is 0 Å². The third kappa shape index (κ3) is 2.02. The molecule has 0 aliphatic rings. The van der Waals surface area contributed by atoms with E-state index in [0.29, 0.717) is 0 Å². The maximum atomic E-state index is 12.8. The molecule has 0 fully saturated rings. The zero-order valence-corrected chi connectivity index (χ0v) is 6.51. The number of nitrogens with zero attached hydrogens (tertiary/aromatic N) is 1. The summed E-state index contributed by atoms with van der Waals surface area (Å²) in [6, 6.07) is 3.32. The molecule has 1 N–H and O–H groups in total. The molecule has 0 amide bonds. The van der Waals surface area contributed by atoms with E-state index in [9.17, 15) is 8.78 Å². The Bertz CT molecular complexity index is 297. The minimum Gasteiger partial charge on any atom is -0.313 e. The molecule has 0 radical (unpaired) electrons. The molecule has 1 aromatic rings. The first kappa shape index (κ1) is 8.64. The van der Waals surface area contributed by atoms with E-state index < -0.39 is 11.6 Å². The van der Waals surface area contributed by atoms with Crippen molar-refractivity contribution in [3.8, 4) is 0 Å². The van der Waals surface area contributed by atoms with Crippen molar-refractivity contribution in [3.05, 3.63) is 35.4 Å². The Kier molecular flexibility index (Phi) is 2.74. The average molecular weight is 170 g/mol. The molecule has 0 bridgehead atoms. The number of halogens is 2. The lowest BCUT2D eigenvalue weighted by atomic mass is 10.2. The molecule has 0 unspecified atom stereocenters. The molecule has 0 spiro atoms. The highest BCUT2D eigenvalue weighted by molar-refractivity contribution is 5.79. The van der Waals surface area contributed by atoms with Gasteiger partial charge in [-0.25, -0.2) is 8.78 Å². The van der Waals surface area contributed by atoms with Gasteiger partial charge in [-0.2, -0.15) is 5.10 Å². The van der Waals surface area contributed by atoms with Crippen molar-refractivity contribution in [1.29, 1.82) is 0 Å². The monoisotopic (exact) mass is 170 g/mol. The van der Waals surface area contributed by atoms with Gasteiger partial charge in [0, 0.05) is 18.7 Å². The second kappa shape index (κ2) is 3.80. The molecule has 0 aliphatic carbocycles. The second-order valence-corrected chi connectivity index (χ2v) is 2.15. The minimum absolute atomic E-state index is 0.255. The summed E-state index contributed by atoms with van der Waals surface area (Å²) in [6.45, 7) is 0. The van der Waals surface area contributed by atoms with Crippen LogP contribution in [0, 0.1) is 11.6 Å². The fourth-order valence-corrected chi connectivity index (χ4v) is 0.740. The summed E-state index contributed by atoms with van der Waals surface area (Å²) in [5, 5.41) is 3.60. The van der Waals surface area contributed by atoms with E-state index in [-0.39, 0.29) is 5.56 Å². The standard InChI is InChI=1S/C8H8F2N2/c1-11-12-5-6-2-3-7(9)4-8(6)10/h2-5,11H,1H3/b12-5+. The number of nitrogens with one attached hydrogen (secondary N) is 1. The summed E-state index contributed by atoms with van der Waals surface area (Å²) in [4.78, 5) is 0. The fourth-order valence-electron chi connectivity index (χ4n) is 0.740. The van der Waals surface area contributed by atoms with Crippen molar-refractivity contribution in [2.24, 2.45) is 5.10 Å². The molecular weight excluding hydrogens is 162 g/mol. The Hall–Kier alpha value is -1.45. The Labute approximate surface area is 68.9 Å². The number of hydrogen-bond acceptors (Lipinski definition) is 2. The Morgan fingerprint density at radius 1 is 1.42 bits per heavy atom. The third-order valence-electron chi connectivity index (χ3n) is 1.30. The summed E-state index contributed by atoms with van der Waals surface area (Å²) in [7, 11) is 1.60. The highest BCUT2D eigenvalue weighted by Crippen LogP contribution is 2.06. The Morgan fingerprint density at radius 2 is 2.17 bits per heavy atom. The molecule has 4 heteroatoms. The lowest BCUT2D eigenvalue weighted by molar-refractivity contribution is 0.582. The average Bonchev–Trinajstić information content (AvgIpc) is 2.03. The second-order valence-electron chi connectivity index (χ2n) is 2.15. The largest absolute Gasteiger partial charge is 0.313 e. The first-order valence-corrected chi connectivity index (χ1v) is 3.39. The molecule has 0 atom stereocenters. The Morgan fingerprint density at radius 3 is 2.75 bits per heavy atom. The summed E-state index contributed by atoms with van der Waals surface area (Å²) in [6.07, 6.45) is 1.29. The molecule has 1 rings (SSSR count). The van der Waals surface area contributed by atoms with Crippen LogP contribution in [-0.4, -0.2) is 13.3 Å². The van der Waals surface area contributed by atoms with Crippen LogP contribution in [0.1, 0.15) is 5.56 Å². The third-order valence-corrected chi connectivity index (χ3v) is 1.30. The van der Waals surface area contributed by atoms with Crippen molar-refractivity contribution >= 4 is 6.21 Å². The van der Waals surface area contributed by atoms with Crippen LogP contribution >= 0.6 is 0 Å². The number of hydrazone groups is 1. The molecular formula is C8H8F2N2. The minimum atomic E-state index is -0.617. The Balaban J connectivity index is 2.94. The molecule has 0 aromatic heterocycles. The van der Waals surface area contributed by atoms with Crippen LogP contribution in [0.4, 0.5) is 8.78 Å². The smallest absolute Gasteiger partial charge is 0.134 e. The van der Waals surface area contributed by atoms with Gasteiger partial charge in [-0.1, -0.05) is 0 Å². The molecule has 0 saturated heterocycles. The maximum absolute atomic E-state index is 12.8. The first-order valence-electron chi connectivity index (χ1n) is 3.39. The van der Waals surface area contributed by atoms with Crippen LogP contribution in [0.2, 0.25) is 0 Å². The number of rotatable bonds is 2. The number of hydrogen-bond donors (Lipinski definition) is 1. The molecule has 0 heterocycles. The summed E-state index contributed by atoms with van der Waals surface area (Å²) >= 11 is 0. The van der Waals surface area contributed by atoms with Crippen molar-refractivity contribution in [1.82, 2.24) is 5.43 Å². The SMILES string of the molecule is CN/N=C/c1ccc(F)cc1F. The summed E-state index contributed by atoms with van der Waals surface area (Å²) < 4.78 is 25.2. The molecule has 0 saturated carbocycles. The van der Waals surface area contributed by atoms with Gasteiger partial charge < -0.3 is 5.43 Å². The van der Waals surface area contributed by atoms with E-state index in [1.165, 1.54) is 18.3 Å². The van der Waals surface area contributed by atoms with Gasteiger partial charge in [0.25, 0.3) is 0 Å². The van der Waals surface area contributed by atoms with E-state index in [1.54, 1.807) is 7.05 Å². The van der Waals surface area contributed by atoms with E-state index in [4.69, 9.17) is 0 Å². The molecule has 64 valence electrons. The van der Waals surface area contributed by atoms with E-state index in [1.807, 2.05) is 0 Å². The van der Waals surface area contributed by atoms with E-state index in [2.05, 4.69) is 10.5 Å². The lowest BCUT2D eigenvalue weighted by Gasteiger charge is -1.95. The van der Waals surface area contributed by atoms with Crippen LogP contribution in [0.3, 0.4) is 0 Å². The van der Waals surface area contributed by atoms with Crippen molar-refractivity contribution in [2.75, 3.05) is 7.05 Å². The van der Waals surface area contributed by atoms with E-state index >= 15 is 0 Å². The van der Waals surface area contributed by atoms with Crippen LogP contribution in [0.15, 0.2) is 23.3 Å². The highest BCUT2D eigenvalue weighted by Gasteiger charge is 1.99. The van der Waals surface area contributed by atoms with Gasteiger partial charge in [0.15, 0.2) is 0 Å². The fraction of sp³-hybridized carbons (Fsp3) is 0.125. The highest BCUT2D eigenvalue weighted by atomic mass is 19.1. The zero-order chi connectivity index (χ0) is 8.97. The lowest BCUT2D eigenvalue weighted by Crippen LogP contribution is -1.96. The molecule has 1 aromatic carbocycles. The first-order chi connectivity index (χ1) is 5.74. The van der Waals surface area contributed by atoms with Gasteiger partial charge in [0.05, 0.1) is 6.21 Å². The summed E-state index contributed by atoms with van der Waals surface area (Å²) in [5.41, 5.74) is 2.72. The normalized spacial score (nSPS) is 10.6. The summed E-state index contributed by atoms with van der Waals surface area (Å²) in [5.74, 6) is -1.21. The van der Waals surface area contributed by atoms with Crippen LogP contribution in [0.25, 0.3) is 0 Å². The van der Waals surface area contributed by atoms with Gasteiger partial charge in [0.1, 0.15) is 11.6 Å². The van der Waals surface area contributed by atoms with Gasteiger partial charge in [-0.15, -0.1) is 0 Å². The molecule has 12 heavy (non-hydrogen) atoms. The topological polar surface area (TPSA) is 24.4 Å². The van der Waals surface area contributed by atoms with E-state index in [0.717, 1.165) is 6.07 Å². The molecule has 2 nitrogen and oxygen atoms in total. The quantitative estimate of drug-likeness (QED) is 0.528. The maximum Gasteiger partial charge on any atom is 0.134 e. The zero-order valence-electron chi connectivity index (χ0n) is 6.51. The number of benzene rings is 1. The van der Waals surface area contributed by atoms with Gasteiger partial charge in [-0.3, -0.25) is 0 Å². The van der Waals surface area contributed by atoms with Gasteiger partial charge in [0.2, 0.25) is 0 Å². The predicted octanol–water partition coefficient (Wildman–Crippen LogP) is 1.52.